The Labute approximate surface area is 95.1 Å². The summed E-state index contributed by atoms with van der Waals surface area (Å²) >= 11 is 0. The van der Waals surface area contributed by atoms with Crippen molar-refractivity contribution in [1.29, 1.82) is 0 Å². The van der Waals surface area contributed by atoms with E-state index in [9.17, 15) is 14.7 Å². The zero-order valence-electron chi connectivity index (χ0n) is 8.64. The molecule has 0 radical (unpaired) electrons. The largest absolute Gasteiger partial charge is 0.508 e. The van der Waals surface area contributed by atoms with Crippen LogP contribution in [-0.2, 0) is 6.54 Å². The quantitative estimate of drug-likeness (QED) is 0.727. The minimum absolute atomic E-state index is 0.0241. The molecule has 0 bridgehead atoms. The molecule has 0 aliphatic heterocycles. The Bertz CT molecular complexity index is 631. The summed E-state index contributed by atoms with van der Waals surface area (Å²) in [5.74, 6) is 0.166. The second kappa shape index (κ2) is 4.17. The number of amides is 1. The van der Waals surface area contributed by atoms with Crippen molar-refractivity contribution in [2.75, 3.05) is 0 Å². The van der Waals surface area contributed by atoms with Crippen LogP contribution in [0.4, 0.5) is 4.79 Å². The van der Waals surface area contributed by atoms with Gasteiger partial charge in [0, 0.05) is 12.1 Å². The van der Waals surface area contributed by atoms with Gasteiger partial charge in [-0.15, -0.1) is 0 Å². The molecule has 0 atom stereocenters. The minimum atomic E-state index is -1.20. The molecular weight excluding hydrogens is 226 g/mol. The number of rotatable bonds is 2. The lowest BCUT2D eigenvalue weighted by Gasteiger charge is -2.03. The molecule has 6 heteroatoms. The average Bonchev–Trinajstić information content (AvgIpc) is 2.25. The summed E-state index contributed by atoms with van der Waals surface area (Å²) in [5, 5.41) is 20.1. The highest BCUT2D eigenvalue weighted by atomic mass is 16.4. The minimum Gasteiger partial charge on any atom is -0.508 e. The van der Waals surface area contributed by atoms with Crippen LogP contribution in [0.3, 0.4) is 0 Å². The van der Waals surface area contributed by atoms with Crippen LogP contribution >= 0.6 is 0 Å². The number of phenols is 1. The molecule has 17 heavy (non-hydrogen) atoms. The molecule has 1 aromatic heterocycles. The van der Waals surface area contributed by atoms with E-state index < -0.39 is 6.09 Å². The first-order valence-electron chi connectivity index (χ1n) is 4.79. The number of benzene rings is 1. The monoisotopic (exact) mass is 235 g/mol. The zero-order valence-corrected chi connectivity index (χ0v) is 8.64. The standard InChI is InChI=1S/C11H9NO5/c13-6-1-2-8-9(14)4-7(5-12-11(15)16)17-10(8)3-6/h1-4,12-13H,5H2,(H,15,16). The lowest BCUT2D eigenvalue weighted by atomic mass is 10.2. The van der Waals surface area contributed by atoms with Gasteiger partial charge in [0.25, 0.3) is 0 Å². The number of hydrogen-bond acceptors (Lipinski definition) is 4. The summed E-state index contributed by atoms with van der Waals surface area (Å²) in [6.07, 6.45) is -1.20. The predicted molar refractivity (Wildman–Crippen MR) is 59.0 cm³/mol. The van der Waals surface area contributed by atoms with E-state index >= 15 is 0 Å². The first kappa shape index (κ1) is 11.0. The van der Waals surface area contributed by atoms with Gasteiger partial charge in [-0.05, 0) is 12.1 Å². The molecule has 2 aromatic rings. The van der Waals surface area contributed by atoms with Crippen molar-refractivity contribution in [3.05, 3.63) is 40.2 Å². The molecule has 0 aliphatic carbocycles. The maximum atomic E-state index is 11.6. The van der Waals surface area contributed by atoms with Gasteiger partial charge in [-0.2, -0.15) is 0 Å². The molecule has 1 aromatic carbocycles. The summed E-state index contributed by atoms with van der Waals surface area (Å²) < 4.78 is 5.29. The second-order valence-corrected chi connectivity index (χ2v) is 3.42. The van der Waals surface area contributed by atoms with E-state index in [-0.39, 0.29) is 29.1 Å². The molecule has 0 spiro atoms. The third-order valence-electron chi connectivity index (χ3n) is 2.18. The van der Waals surface area contributed by atoms with Crippen LogP contribution in [0.5, 0.6) is 5.75 Å². The molecule has 0 saturated heterocycles. The van der Waals surface area contributed by atoms with Gasteiger partial charge in [0.15, 0.2) is 5.43 Å². The fourth-order valence-electron chi connectivity index (χ4n) is 1.44. The summed E-state index contributed by atoms with van der Waals surface area (Å²) in [7, 11) is 0. The van der Waals surface area contributed by atoms with Crippen LogP contribution in [0.15, 0.2) is 33.5 Å². The van der Waals surface area contributed by atoms with Crippen molar-refractivity contribution in [1.82, 2.24) is 5.32 Å². The van der Waals surface area contributed by atoms with Crippen molar-refractivity contribution >= 4 is 17.1 Å². The van der Waals surface area contributed by atoms with E-state index in [0.29, 0.717) is 5.39 Å². The molecule has 6 nitrogen and oxygen atoms in total. The topological polar surface area (TPSA) is 99.8 Å². The number of carboxylic acid groups (broad SMARTS) is 1. The number of carbonyl (C=O) groups is 1. The van der Waals surface area contributed by atoms with Crippen LogP contribution in [-0.4, -0.2) is 16.3 Å². The maximum Gasteiger partial charge on any atom is 0.405 e. The van der Waals surface area contributed by atoms with Crippen LogP contribution < -0.4 is 10.7 Å². The van der Waals surface area contributed by atoms with Gasteiger partial charge in [-0.25, -0.2) is 4.79 Å². The van der Waals surface area contributed by atoms with E-state index in [2.05, 4.69) is 5.32 Å². The molecule has 0 unspecified atom stereocenters. The van der Waals surface area contributed by atoms with Gasteiger partial charge in [0.05, 0.1) is 11.9 Å². The van der Waals surface area contributed by atoms with Gasteiger partial charge in [-0.3, -0.25) is 4.79 Å². The lowest BCUT2D eigenvalue weighted by Crippen LogP contribution is -2.20. The molecule has 0 aliphatic rings. The van der Waals surface area contributed by atoms with Gasteiger partial charge in [0.2, 0.25) is 0 Å². The number of hydrogen-bond donors (Lipinski definition) is 3. The Balaban J connectivity index is 2.46. The van der Waals surface area contributed by atoms with E-state index in [1.165, 1.54) is 24.3 Å². The third kappa shape index (κ3) is 2.36. The van der Waals surface area contributed by atoms with Crippen LogP contribution in [0.25, 0.3) is 11.0 Å². The number of nitrogens with one attached hydrogen (secondary N) is 1. The van der Waals surface area contributed by atoms with Gasteiger partial charge in [0.1, 0.15) is 17.1 Å². The predicted octanol–water partition coefficient (Wildman–Crippen LogP) is 1.27. The van der Waals surface area contributed by atoms with Crippen LogP contribution in [0.2, 0.25) is 0 Å². The summed E-state index contributed by atoms with van der Waals surface area (Å²) in [6.45, 7) is -0.101. The number of aromatic hydroxyl groups is 1. The van der Waals surface area contributed by atoms with Crippen molar-refractivity contribution in [3.63, 3.8) is 0 Å². The Kier molecular flexibility index (Phi) is 2.70. The summed E-state index contributed by atoms with van der Waals surface area (Å²) in [6, 6.07) is 5.36. The van der Waals surface area contributed by atoms with E-state index in [1.807, 2.05) is 0 Å². The molecule has 1 heterocycles. The Hall–Kier alpha value is -2.50. The van der Waals surface area contributed by atoms with Crippen molar-refractivity contribution in [3.8, 4) is 5.75 Å². The fourth-order valence-corrected chi connectivity index (χ4v) is 1.44. The molecule has 88 valence electrons. The zero-order chi connectivity index (χ0) is 12.4. The Morgan fingerprint density at radius 3 is 2.82 bits per heavy atom. The maximum absolute atomic E-state index is 11.6. The van der Waals surface area contributed by atoms with Crippen molar-refractivity contribution in [2.45, 2.75) is 6.54 Å². The highest BCUT2D eigenvalue weighted by Gasteiger charge is 2.06. The first-order chi connectivity index (χ1) is 8.06. The number of fused-ring (bicyclic) bond motifs is 1. The molecule has 3 N–H and O–H groups in total. The third-order valence-corrected chi connectivity index (χ3v) is 2.18. The highest BCUT2D eigenvalue weighted by Crippen LogP contribution is 2.18. The Morgan fingerprint density at radius 2 is 2.12 bits per heavy atom. The normalized spacial score (nSPS) is 10.4. The first-order valence-corrected chi connectivity index (χ1v) is 4.79. The highest BCUT2D eigenvalue weighted by molar-refractivity contribution is 5.77. The lowest BCUT2D eigenvalue weighted by molar-refractivity contribution is 0.193. The van der Waals surface area contributed by atoms with Crippen LogP contribution in [0, 0.1) is 0 Å². The molecule has 0 fully saturated rings. The van der Waals surface area contributed by atoms with E-state index in [0.717, 1.165) is 0 Å². The van der Waals surface area contributed by atoms with Gasteiger partial charge >= 0.3 is 6.09 Å². The summed E-state index contributed by atoms with van der Waals surface area (Å²) in [5.41, 5.74) is -0.0619. The fraction of sp³-hybridized carbons (Fsp3) is 0.0909. The average molecular weight is 235 g/mol. The number of phenolic OH excluding ortho intramolecular Hbond substituents is 1. The second-order valence-electron chi connectivity index (χ2n) is 3.42. The van der Waals surface area contributed by atoms with Crippen molar-refractivity contribution < 1.29 is 19.4 Å². The SMILES string of the molecule is O=C(O)NCc1cc(=O)c2ccc(O)cc2o1. The van der Waals surface area contributed by atoms with Gasteiger partial charge in [-0.1, -0.05) is 0 Å². The smallest absolute Gasteiger partial charge is 0.405 e. The molecule has 1 amide bonds. The van der Waals surface area contributed by atoms with Gasteiger partial charge < -0.3 is 19.9 Å². The Morgan fingerprint density at radius 1 is 1.35 bits per heavy atom. The van der Waals surface area contributed by atoms with E-state index in [4.69, 9.17) is 9.52 Å². The van der Waals surface area contributed by atoms with Crippen LogP contribution in [0.1, 0.15) is 5.76 Å². The molecular formula is C11H9NO5. The molecule has 2 rings (SSSR count). The molecule has 0 saturated carbocycles. The summed E-state index contributed by atoms with van der Waals surface area (Å²) in [4.78, 5) is 21.9. The van der Waals surface area contributed by atoms with Crippen molar-refractivity contribution in [2.24, 2.45) is 0 Å². The van der Waals surface area contributed by atoms with E-state index in [1.54, 1.807) is 0 Å².